The van der Waals surface area contributed by atoms with Crippen LogP contribution in [0, 0.1) is 20.8 Å². The molecule has 22 heavy (non-hydrogen) atoms. The van der Waals surface area contributed by atoms with Crippen molar-refractivity contribution in [3.05, 3.63) is 59.3 Å². The minimum Gasteiger partial charge on any atom is -0.506 e. The average molecular weight is 291 g/mol. The lowest BCUT2D eigenvalue weighted by Gasteiger charge is -2.05. The summed E-state index contributed by atoms with van der Waals surface area (Å²) < 4.78 is 0. The van der Waals surface area contributed by atoms with Gasteiger partial charge in [-0.25, -0.2) is 4.98 Å². The van der Waals surface area contributed by atoms with E-state index in [1.54, 1.807) is 12.1 Å². The van der Waals surface area contributed by atoms with Gasteiger partial charge in [0.05, 0.1) is 11.4 Å². The first-order valence-electron chi connectivity index (χ1n) is 7.13. The Balaban J connectivity index is 2.12. The molecule has 0 aliphatic rings. The molecule has 0 radical (unpaired) electrons. The zero-order chi connectivity index (χ0) is 15.7. The van der Waals surface area contributed by atoms with Gasteiger partial charge in [-0.1, -0.05) is 18.2 Å². The van der Waals surface area contributed by atoms with Crippen LogP contribution < -0.4 is 0 Å². The smallest absolute Gasteiger partial charge is 0.141 e. The van der Waals surface area contributed by atoms with Gasteiger partial charge in [0.15, 0.2) is 0 Å². The minimum absolute atomic E-state index is 0.157. The minimum atomic E-state index is 0.157. The molecule has 0 unspecified atom stereocenters. The van der Waals surface area contributed by atoms with Crippen LogP contribution in [0.1, 0.15) is 16.8 Å². The number of hydrogen-bond donors (Lipinski definition) is 1. The molecule has 1 N–H and O–H groups in total. The van der Waals surface area contributed by atoms with Crippen LogP contribution in [0.3, 0.4) is 0 Å². The molecule has 110 valence electrons. The number of azo groups is 1. The van der Waals surface area contributed by atoms with E-state index < -0.39 is 0 Å². The van der Waals surface area contributed by atoms with Crippen molar-refractivity contribution in [3.63, 3.8) is 0 Å². The molecule has 0 spiro atoms. The van der Waals surface area contributed by atoms with E-state index in [0.29, 0.717) is 11.2 Å². The van der Waals surface area contributed by atoms with Gasteiger partial charge < -0.3 is 5.11 Å². The van der Waals surface area contributed by atoms with Crippen molar-refractivity contribution in [2.75, 3.05) is 0 Å². The molecular formula is C18H17N3O. The summed E-state index contributed by atoms with van der Waals surface area (Å²) in [6, 6.07) is 13.2. The highest BCUT2D eigenvalue weighted by atomic mass is 16.3. The zero-order valence-corrected chi connectivity index (χ0v) is 12.8. The summed E-state index contributed by atoms with van der Waals surface area (Å²) in [5, 5.41) is 19.5. The first-order chi connectivity index (χ1) is 10.6. The first kappa shape index (κ1) is 14.2. The predicted molar refractivity (Wildman–Crippen MR) is 88.2 cm³/mol. The van der Waals surface area contributed by atoms with Gasteiger partial charge in [0.2, 0.25) is 0 Å². The Kier molecular flexibility index (Phi) is 3.59. The van der Waals surface area contributed by atoms with E-state index in [4.69, 9.17) is 0 Å². The lowest BCUT2D eigenvalue weighted by Crippen LogP contribution is -1.84. The number of phenols is 1. The summed E-state index contributed by atoms with van der Waals surface area (Å²) in [6.07, 6.45) is 0. The highest BCUT2D eigenvalue weighted by molar-refractivity contribution is 5.93. The highest BCUT2D eigenvalue weighted by Crippen LogP contribution is 2.33. The molecule has 0 aliphatic heterocycles. The van der Waals surface area contributed by atoms with Gasteiger partial charge in [0.25, 0.3) is 0 Å². The number of aryl methyl sites for hydroxylation is 3. The monoisotopic (exact) mass is 291 g/mol. The Bertz CT molecular complexity index is 865. The van der Waals surface area contributed by atoms with Gasteiger partial charge in [0.1, 0.15) is 11.3 Å². The largest absolute Gasteiger partial charge is 0.506 e. The fraction of sp³-hybridized carbons (Fsp3) is 0.167. The van der Waals surface area contributed by atoms with Gasteiger partial charge in [-0.2, -0.15) is 0 Å². The number of aromatic nitrogens is 1. The highest BCUT2D eigenvalue weighted by Gasteiger charge is 2.07. The van der Waals surface area contributed by atoms with Gasteiger partial charge >= 0.3 is 0 Å². The normalized spacial score (nSPS) is 11.4. The van der Waals surface area contributed by atoms with Gasteiger partial charge in [-0.15, -0.1) is 10.2 Å². The number of aromatic hydroxyl groups is 1. The third-order valence-electron chi connectivity index (χ3n) is 3.65. The Morgan fingerprint density at radius 1 is 0.864 bits per heavy atom. The third kappa shape index (κ3) is 2.55. The quantitative estimate of drug-likeness (QED) is 0.653. The molecule has 0 atom stereocenters. The van der Waals surface area contributed by atoms with E-state index in [-0.39, 0.29) is 5.75 Å². The van der Waals surface area contributed by atoms with Gasteiger partial charge in [-0.05, 0) is 56.2 Å². The van der Waals surface area contributed by atoms with Crippen molar-refractivity contribution in [2.45, 2.75) is 20.8 Å². The molecule has 3 aromatic rings. The fourth-order valence-corrected chi connectivity index (χ4v) is 2.44. The van der Waals surface area contributed by atoms with Crippen LogP contribution in [0.2, 0.25) is 0 Å². The third-order valence-corrected chi connectivity index (χ3v) is 3.65. The van der Waals surface area contributed by atoms with Crippen LogP contribution in [0.25, 0.3) is 10.9 Å². The van der Waals surface area contributed by atoms with Crippen LogP contribution in [0.15, 0.2) is 52.7 Å². The molecule has 3 rings (SSSR count). The molecule has 0 saturated carbocycles. The number of hydrogen-bond acceptors (Lipinski definition) is 4. The van der Waals surface area contributed by atoms with Gasteiger partial charge in [0, 0.05) is 11.1 Å². The Morgan fingerprint density at radius 3 is 2.32 bits per heavy atom. The van der Waals surface area contributed by atoms with Crippen molar-refractivity contribution in [1.29, 1.82) is 0 Å². The fourth-order valence-electron chi connectivity index (χ4n) is 2.44. The van der Waals surface area contributed by atoms with E-state index in [1.807, 2.05) is 51.1 Å². The van der Waals surface area contributed by atoms with Crippen molar-refractivity contribution in [3.8, 4) is 5.75 Å². The Morgan fingerprint density at radius 2 is 1.59 bits per heavy atom. The summed E-state index contributed by atoms with van der Waals surface area (Å²) in [4.78, 5) is 4.37. The molecular weight excluding hydrogens is 274 g/mol. The predicted octanol–water partition coefficient (Wildman–Crippen LogP) is 5.28. The molecule has 4 heteroatoms. The van der Waals surface area contributed by atoms with E-state index >= 15 is 0 Å². The molecule has 1 aromatic heterocycles. The summed E-state index contributed by atoms with van der Waals surface area (Å²) in [5.74, 6) is 0.157. The van der Waals surface area contributed by atoms with Crippen LogP contribution in [0.5, 0.6) is 5.75 Å². The SMILES string of the molecule is Cc1ccc2c(N=Nc3c(C)cccc3C)ccc(O)c2n1. The molecule has 0 aliphatic carbocycles. The molecule has 0 fully saturated rings. The molecule has 0 saturated heterocycles. The number of phenolic OH excluding ortho intramolecular Hbond substituents is 1. The second-order valence-corrected chi connectivity index (χ2v) is 5.39. The molecule has 2 aromatic carbocycles. The first-order valence-corrected chi connectivity index (χ1v) is 7.13. The summed E-state index contributed by atoms with van der Waals surface area (Å²) in [7, 11) is 0. The van der Waals surface area contributed by atoms with E-state index in [1.165, 1.54) is 0 Å². The van der Waals surface area contributed by atoms with E-state index in [9.17, 15) is 5.11 Å². The summed E-state index contributed by atoms with van der Waals surface area (Å²) >= 11 is 0. The maximum atomic E-state index is 9.96. The molecule has 0 bridgehead atoms. The number of benzene rings is 2. The van der Waals surface area contributed by atoms with Gasteiger partial charge in [-0.3, -0.25) is 0 Å². The van der Waals surface area contributed by atoms with Crippen molar-refractivity contribution >= 4 is 22.3 Å². The second-order valence-electron chi connectivity index (χ2n) is 5.39. The Hall–Kier alpha value is -2.75. The van der Waals surface area contributed by atoms with Crippen LogP contribution >= 0.6 is 0 Å². The molecule has 0 amide bonds. The van der Waals surface area contributed by atoms with E-state index in [2.05, 4.69) is 15.2 Å². The van der Waals surface area contributed by atoms with Crippen LogP contribution in [0.4, 0.5) is 11.4 Å². The topological polar surface area (TPSA) is 57.8 Å². The second kappa shape index (κ2) is 5.56. The zero-order valence-electron chi connectivity index (χ0n) is 12.8. The number of nitrogens with zero attached hydrogens (tertiary/aromatic N) is 3. The maximum Gasteiger partial charge on any atom is 0.141 e. The molecule has 1 heterocycles. The van der Waals surface area contributed by atoms with Crippen molar-refractivity contribution in [1.82, 2.24) is 4.98 Å². The number of pyridine rings is 1. The maximum absolute atomic E-state index is 9.96. The van der Waals surface area contributed by atoms with Crippen LogP contribution in [-0.2, 0) is 0 Å². The number of rotatable bonds is 2. The van der Waals surface area contributed by atoms with Crippen molar-refractivity contribution in [2.24, 2.45) is 10.2 Å². The Labute approximate surface area is 129 Å². The van der Waals surface area contributed by atoms with Crippen molar-refractivity contribution < 1.29 is 5.11 Å². The standard InChI is InChI=1S/C18H17N3O/c1-11-5-4-6-12(2)17(11)21-20-15-9-10-16(22)18-14(15)8-7-13(3)19-18/h4-10,22H,1-3H3. The lowest BCUT2D eigenvalue weighted by atomic mass is 10.1. The van der Waals surface area contributed by atoms with Crippen LogP contribution in [-0.4, -0.2) is 10.1 Å². The average Bonchev–Trinajstić information content (AvgIpc) is 2.49. The van der Waals surface area contributed by atoms with E-state index in [0.717, 1.165) is 27.9 Å². The lowest BCUT2D eigenvalue weighted by molar-refractivity contribution is 0.480. The number of fused-ring (bicyclic) bond motifs is 1. The summed E-state index contributed by atoms with van der Waals surface area (Å²) in [6.45, 7) is 5.92. The summed E-state index contributed by atoms with van der Waals surface area (Å²) in [5.41, 5.74) is 5.15. The molecule has 4 nitrogen and oxygen atoms in total.